The molecule has 1 N–H and O–H groups in total. The molecular formula is C15H23NO2. The highest BCUT2D eigenvalue weighted by molar-refractivity contribution is 5.50. The maximum atomic E-state index is 5.96. The zero-order chi connectivity index (χ0) is 13.0. The van der Waals surface area contributed by atoms with Crippen LogP contribution in [-0.2, 0) is 6.42 Å². The minimum atomic E-state index is -0.109. The van der Waals surface area contributed by atoms with Crippen molar-refractivity contribution in [2.45, 2.75) is 39.2 Å². The number of hydrogen-bond donors (Lipinski definition) is 1. The third-order valence-corrected chi connectivity index (χ3v) is 3.02. The molecule has 0 amide bonds. The Labute approximate surface area is 109 Å². The topological polar surface area (TPSA) is 30.5 Å². The molecule has 2 rings (SSSR count). The lowest BCUT2D eigenvalue weighted by Gasteiger charge is -2.18. The largest absolute Gasteiger partial charge is 0.488 e. The average Bonchev–Trinajstić information content (AvgIpc) is 2.63. The molecule has 1 aliphatic heterocycles. The van der Waals surface area contributed by atoms with E-state index in [0.29, 0.717) is 6.61 Å². The van der Waals surface area contributed by atoms with E-state index in [1.54, 1.807) is 0 Å². The van der Waals surface area contributed by atoms with Gasteiger partial charge in [0.05, 0.1) is 0 Å². The van der Waals surface area contributed by atoms with E-state index < -0.39 is 0 Å². The molecule has 18 heavy (non-hydrogen) atoms. The Morgan fingerprint density at radius 2 is 2.17 bits per heavy atom. The molecule has 1 heterocycles. The van der Waals surface area contributed by atoms with Gasteiger partial charge in [0, 0.05) is 18.5 Å². The van der Waals surface area contributed by atoms with Gasteiger partial charge < -0.3 is 14.8 Å². The number of nitrogens with one attached hydrogen (secondary N) is 1. The van der Waals surface area contributed by atoms with Crippen LogP contribution in [-0.4, -0.2) is 25.3 Å². The Morgan fingerprint density at radius 3 is 2.94 bits per heavy atom. The molecule has 1 aromatic carbocycles. The fraction of sp³-hybridized carbons (Fsp3) is 0.600. The fourth-order valence-corrected chi connectivity index (χ4v) is 2.24. The first-order chi connectivity index (χ1) is 8.62. The van der Waals surface area contributed by atoms with Crippen LogP contribution in [0.5, 0.6) is 11.5 Å². The summed E-state index contributed by atoms with van der Waals surface area (Å²) in [4.78, 5) is 0. The molecule has 0 unspecified atom stereocenters. The third kappa shape index (κ3) is 3.16. The monoisotopic (exact) mass is 249 g/mol. The minimum Gasteiger partial charge on any atom is -0.488 e. The van der Waals surface area contributed by atoms with Gasteiger partial charge in [0.15, 0.2) is 11.5 Å². The van der Waals surface area contributed by atoms with Gasteiger partial charge >= 0.3 is 0 Å². The molecule has 0 saturated heterocycles. The Kier molecular flexibility index (Phi) is 4.12. The maximum Gasteiger partial charge on any atom is 0.165 e. The van der Waals surface area contributed by atoms with Gasteiger partial charge in [-0.05, 0) is 32.9 Å². The third-order valence-electron chi connectivity index (χ3n) is 3.02. The molecule has 0 radical (unpaired) electrons. The van der Waals surface area contributed by atoms with Crippen molar-refractivity contribution in [3.63, 3.8) is 0 Å². The van der Waals surface area contributed by atoms with Crippen LogP contribution in [0.15, 0.2) is 18.2 Å². The average molecular weight is 249 g/mol. The molecule has 100 valence electrons. The normalized spacial score (nSPS) is 16.2. The van der Waals surface area contributed by atoms with Gasteiger partial charge in [0.2, 0.25) is 0 Å². The lowest BCUT2D eigenvalue weighted by Crippen LogP contribution is -2.25. The molecule has 3 heteroatoms. The van der Waals surface area contributed by atoms with E-state index in [1.807, 2.05) is 12.1 Å². The molecule has 0 saturated carbocycles. The molecule has 3 nitrogen and oxygen atoms in total. The van der Waals surface area contributed by atoms with Crippen LogP contribution in [0, 0.1) is 0 Å². The maximum absolute atomic E-state index is 5.96. The summed E-state index contributed by atoms with van der Waals surface area (Å²) in [5.74, 6) is 1.80. The van der Waals surface area contributed by atoms with Gasteiger partial charge in [0.25, 0.3) is 0 Å². The molecular weight excluding hydrogens is 226 g/mol. The van der Waals surface area contributed by atoms with Crippen molar-refractivity contribution < 1.29 is 9.47 Å². The molecule has 0 bridgehead atoms. The van der Waals surface area contributed by atoms with Crippen molar-refractivity contribution in [2.75, 3.05) is 19.7 Å². The molecule has 0 atom stereocenters. The van der Waals surface area contributed by atoms with E-state index in [0.717, 1.165) is 37.4 Å². The number of ether oxygens (including phenoxy) is 2. The lowest BCUT2D eigenvalue weighted by molar-refractivity contribution is 0.132. The van der Waals surface area contributed by atoms with Gasteiger partial charge in [-0.25, -0.2) is 0 Å². The van der Waals surface area contributed by atoms with Crippen LogP contribution in [0.2, 0.25) is 0 Å². The zero-order valence-electron chi connectivity index (χ0n) is 11.6. The van der Waals surface area contributed by atoms with E-state index in [1.165, 1.54) is 5.56 Å². The van der Waals surface area contributed by atoms with Gasteiger partial charge in [-0.2, -0.15) is 0 Å². The van der Waals surface area contributed by atoms with E-state index in [4.69, 9.17) is 9.47 Å². The molecule has 0 aliphatic carbocycles. The quantitative estimate of drug-likeness (QED) is 0.786. The lowest BCUT2D eigenvalue weighted by atomic mass is 10.0. The molecule has 1 aliphatic rings. The van der Waals surface area contributed by atoms with E-state index >= 15 is 0 Å². The minimum absolute atomic E-state index is 0.109. The highest BCUT2D eigenvalue weighted by Gasteiger charge is 2.32. The summed E-state index contributed by atoms with van der Waals surface area (Å²) in [6, 6.07) is 6.14. The number of hydrogen-bond acceptors (Lipinski definition) is 3. The Hall–Kier alpha value is -1.22. The second-order valence-electron chi connectivity index (χ2n) is 5.38. The van der Waals surface area contributed by atoms with Crippen LogP contribution in [0.25, 0.3) is 0 Å². The smallest absolute Gasteiger partial charge is 0.165 e. The van der Waals surface area contributed by atoms with Crippen molar-refractivity contribution in [1.82, 2.24) is 5.32 Å². The predicted molar refractivity (Wildman–Crippen MR) is 73.5 cm³/mol. The summed E-state index contributed by atoms with van der Waals surface area (Å²) in [6.45, 7) is 8.98. The summed E-state index contributed by atoms with van der Waals surface area (Å²) >= 11 is 0. The fourth-order valence-electron chi connectivity index (χ4n) is 2.24. The standard InChI is InChI=1S/C15H23NO2/c1-4-8-16-9-10-17-13-7-5-6-12-11-15(2,3)18-14(12)13/h5-7,16H,4,8-11H2,1-3H3. The molecule has 0 spiro atoms. The first kappa shape index (κ1) is 13.2. The van der Waals surface area contributed by atoms with Crippen molar-refractivity contribution in [3.8, 4) is 11.5 Å². The SMILES string of the molecule is CCCNCCOc1cccc2c1OC(C)(C)C2. The van der Waals surface area contributed by atoms with Crippen molar-refractivity contribution in [3.05, 3.63) is 23.8 Å². The van der Waals surface area contributed by atoms with Crippen LogP contribution in [0.1, 0.15) is 32.8 Å². The van der Waals surface area contributed by atoms with Gasteiger partial charge in [0.1, 0.15) is 12.2 Å². The first-order valence-electron chi connectivity index (χ1n) is 6.77. The van der Waals surface area contributed by atoms with Crippen LogP contribution >= 0.6 is 0 Å². The van der Waals surface area contributed by atoms with E-state index in [-0.39, 0.29) is 5.60 Å². The second kappa shape index (κ2) is 5.61. The highest BCUT2D eigenvalue weighted by atomic mass is 16.5. The molecule has 1 aromatic rings. The summed E-state index contributed by atoms with van der Waals surface area (Å²) in [5, 5.41) is 3.32. The van der Waals surface area contributed by atoms with Gasteiger partial charge in [-0.15, -0.1) is 0 Å². The molecule has 0 aromatic heterocycles. The summed E-state index contributed by atoms with van der Waals surface area (Å²) < 4.78 is 11.8. The Balaban J connectivity index is 1.93. The Morgan fingerprint density at radius 1 is 1.33 bits per heavy atom. The summed E-state index contributed by atoms with van der Waals surface area (Å²) in [6.07, 6.45) is 2.10. The number of rotatable bonds is 6. The number of fused-ring (bicyclic) bond motifs is 1. The van der Waals surface area contributed by atoms with E-state index in [2.05, 4.69) is 32.2 Å². The van der Waals surface area contributed by atoms with E-state index in [9.17, 15) is 0 Å². The summed E-state index contributed by atoms with van der Waals surface area (Å²) in [7, 11) is 0. The predicted octanol–water partition coefficient (Wildman–Crippen LogP) is 2.78. The van der Waals surface area contributed by atoms with Crippen molar-refractivity contribution >= 4 is 0 Å². The second-order valence-corrected chi connectivity index (χ2v) is 5.38. The first-order valence-corrected chi connectivity index (χ1v) is 6.77. The Bertz CT molecular complexity index is 401. The van der Waals surface area contributed by atoms with Crippen molar-refractivity contribution in [1.29, 1.82) is 0 Å². The van der Waals surface area contributed by atoms with Crippen LogP contribution in [0.3, 0.4) is 0 Å². The highest BCUT2D eigenvalue weighted by Crippen LogP contribution is 2.41. The molecule has 0 fully saturated rings. The van der Waals surface area contributed by atoms with Gasteiger partial charge in [-0.3, -0.25) is 0 Å². The number of benzene rings is 1. The zero-order valence-corrected chi connectivity index (χ0v) is 11.6. The summed E-state index contributed by atoms with van der Waals surface area (Å²) in [5.41, 5.74) is 1.14. The van der Waals surface area contributed by atoms with Gasteiger partial charge in [-0.1, -0.05) is 19.1 Å². The van der Waals surface area contributed by atoms with Crippen molar-refractivity contribution in [2.24, 2.45) is 0 Å². The number of para-hydroxylation sites is 1. The van der Waals surface area contributed by atoms with Crippen LogP contribution < -0.4 is 14.8 Å². The van der Waals surface area contributed by atoms with Crippen LogP contribution in [0.4, 0.5) is 0 Å².